The molecule has 1 aliphatic heterocycles. The van der Waals surface area contributed by atoms with Crippen molar-refractivity contribution in [2.75, 3.05) is 7.05 Å². The van der Waals surface area contributed by atoms with E-state index in [0.29, 0.717) is 6.54 Å². The van der Waals surface area contributed by atoms with Gasteiger partial charge < -0.3 is 5.32 Å². The molecule has 0 aliphatic carbocycles. The van der Waals surface area contributed by atoms with Crippen molar-refractivity contribution >= 4 is 5.91 Å². The van der Waals surface area contributed by atoms with Gasteiger partial charge in [0, 0.05) is 32.0 Å². The minimum atomic E-state index is -0.948. The zero-order chi connectivity index (χ0) is 15.4. The predicted molar refractivity (Wildman–Crippen MR) is 82.6 cm³/mol. The SMILES string of the molecule is CC[C@@H]1[C@@H](C)[C@H](F)[C@@H](CC(=O)NC)N1Cc1ccccc1. The molecule has 1 aromatic rings. The van der Waals surface area contributed by atoms with Gasteiger partial charge in [-0.25, -0.2) is 4.39 Å². The first-order valence-electron chi connectivity index (χ1n) is 7.72. The smallest absolute Gasteiger partial charge is 0.221 e. The maximum Gasteiger partial charge on any atom is 0.221 e. The van der Waals surface area contributed by atoms with Gasteiger partial charge in [-0.1, -0.05) is 44.2 Å². The number of carbonyl (C=O) groups excluding carboxylic acids is 1. The number of alkyl halides is 1. The maximum atomic E-state index is 14.6. The molecule has 0 saturated carbocycles. The Bertz CT molecular complexity index is 465. The van der Waals surface area contributed by atoms with E-state index in [1.807, 2.05) is 25.1 Å². The van der Waals surface area contributed by atoms with Crippen LogP contribution in [0.5, 0.6) is 0 Å². The fourth-order valence-corrected chi connectivity index (χ4v) is 3.45. The number of hydrogen-bond acceptors (Lipinski definition) is 2. The number of halogens is 1. The Labute approximate surface area is 126 Å². The van der Waals surface area contributed by atoms with Crippen molar-refractivity contribution in [3.8, 4) is 0 Å². The van der Waals surface area contributed by atoms with Crippen molar-refractivity contribution in [2.24, 2.45) is 5.92 Å². The first kappa shape index (κ1) is 16.0. The van der Waals surface area contributed by atoms with Crippen LogP contribution in [0, 0.1) is 5.92 Å². The van der Waals surface area contributed by atoms with Gasteiger partial charge in [-0.3, -0.25) is 9.69 Å². The molecule has 1 amide bonds. The lowest BCUT2D eigenvalue weighted by Crippen LogP contribution is -2.40. The van der Waals surface area contributed by atoms with Crippen LogP contribution in [-0.4, -0.2) is 36.1 Å². The molecular formula is C17H25FN2O. The van der Waals surface area contributed by atoms with Crippen LogP contribution in [0.2, 0.25) is 0 Å². The molecule has 1 N–H and O–H groups in total. The van der Waals surface area contributed by atoms with Gasteiger partial charge in [0.25, 0.3) is 0 Å². The van der Waals surface area contributed by atoms with Crippen LogP contribution < -0.4 is 5.32 Å². The summed E-state index contributed by atoms with van der Waals surface area (Å²) in [5.74, 6) is -0.127. The molecule has 0 spiro atoms. The van der Waals surface area contributed by atoms with E-state index < -0.39 is 6.17 Å². The van der Waals surface area contributed by atoms with E-state index in [9.17, 15) is 9.18 Å². The Morgan fingerprint density at radius 3 is 2.52 bits per heavy atom. The number of rotatable bonds is 5. The van der Waals surface area contributed by atoms with E-state index >= 15 is 0 Å². The quantitative estimate of drug-likeness (QED) is 0.905. The number of amides is 1. The second-order valence-electron chi connectivity index (χ2n) is 5.88. The summed E-state index contributed by atoms with van der Waals surface area (Å²) >= 11 is 0. The highest BCUT2D eigenvalue weighted by Gasteiger charge is 2.46. The molecule has 0 unspecified atom stereocenters. The number of likely N-dealkylation sites (tertiary alicyclic amines) is 1. The van der Waals surface area contributed by atoms with Crippen molar-refractivity contribution in [2.45, 2.75) is 51.5 Å². The van der Waals surface area contributed by atoms with Gasteiger partial charge in [0.1, 0.15) is 6.17 Å². The second kappa shape index (κ2) is 7.03. The lowest BCUT2D eigenvalue weighted by molar-refractivity contribution is -0.122. The minimum Gasteiger partial charge on any atom is -0.359 e. The molecule has 4 heteroatoms. The average Bonchev–Trinajstić information content (AvgIpc) is 2.72. The van der Waals surface area contributed by atoms with Gasteiger partial charge >= 0.3 is 0 Å². The zero-order valence-corrected chi connectivity index (χ0v) is 13.1. The van der Waals surface area contributed by atoms with Crippen LogP contribution in [0.4, 0.5) is 4.39 Å². The summed E-state index contributed by atoms with van der Waals surface area (Å²) in [6, 6.07) is 9.94. The van der Waals surface area contributed by atoms with Crippen LogP contribution in [0.15, 0.2) is 30.3 Å². The Kier molecular flexibility index (Phi) is 5.34. The third-order valence-electron chi connectivity index (χ3n) is 4.63. The summed E-state index contributed by atoms with van der Waals surface area (Å²) in [7, 11) is 1.60. The fourth-order valence-electron chi connectivity index (χ4n) is 3.45. The molecule has 1 aromatic carbocycles. The van der Waals surface area contributed by atoms with E-state index in [0.717, 1.165) is 6.42 Å². The van der Waals surface area contributed by atoms with E-state index in [-0.39, 0.29) is 30.3 Å². The Morgan fingerprint density at radius 1 is 1.29 bits per heavy atom. The number of hydrogen-bond donors (Lipinski definition) is 1. The van der Waals surface area contributed by atoms with Crippen molar-refractivity contribution in [1.82, 2.24) is 10.2 Å². The molecular weight excluding hydrogens is 267 g/mol. The zero-order valence-electron chi connectivity index (χ0n) is 13.1. The summed E-state index contributed by atoms with van der Waals surface area (Å²) in [5, 5.41) is 2.61. The standard InChI is InChI=1S/C17H25FN2O/c1-4-14-12(2)17(18)15(10-16(21)19-3)20(14)11-13-8-6-5-7-9-13/h5-9,12,14-15,17H,4,10-11H2,1-3H3,(H,19,21)/t12-,14-,15-,17+/m1/s1. The average molecular weight is 292 g/mol. The minimum absolute atomic E-state index is 0.0339. The molecule has 3 nitrogen and oxygen atoms in total. The molecule has 1 heterocycles. The van der Waals surface area contributed by atoms with Crippen molar-refractivity contribution in [3.63, 3.8) is 0 Å². The number of carbonyl (C=O) groups is 1. The first-order chi connectivity index (χ1) is 10.1. The van der Waals surface area contributed by atoms with Gasteiger partial charge in [-0.05, 0) is 12.0 Å². The molecule has 2 rings (SSSR count). The van der Waals surface area contributed by atoms with Gasteiger partial charge in [0.15, 0.2) is 0 Å². The van der Waals surface area contributed by atoms with Crippen molar-refractivity contribution < 1.29 is 9.18 Å². The lowest BCUT2D eigenvalue weighted by Gasteiger charge is -2.30. The van der Waals surface area contributed by atoms with E-state index in [4.69, 9.17) is 0 Å². The van der Waals surface area contributed by atoms with Gasteiger partial charge in [0.05, 0.1) is 6.04 Å². The van der Waals surface area contributed by atoms with Crippen LogP contribution in [0.3, 0.4) is 0 Å². The Hall–Kier alpha value is -1.42. The topological polar surface area (TPSA) is 32.3 Å². The Balaban J connectivity index is 2.20. The molecule has 0 aromatic heterocycles. The predicted octanol–water partition coefficient (Wildman–Crippen LogP) is 2.76. The third-order valence-corrected chi connectivity index (χ3v) is 4.63. The lowest BCUT2D eigenvalue weighted by atomic mass is 9.97. The maximum absolute atomic E-state index is 14.6. The largest absolute Gasteiger partial charge is 0.359 e. The molecule has 116 valence electrons. The second-order valence-corrected chi connectivity index (χ2v) is 5.88. The van der Waals surface area contributed by atoms with Crippen molar-refractivity contribution in [3.05, 3.63) is 35.9 Å². The van der Waals surface area contributed by atoms with Crippen molar-refractivity contribution in [1.29, 1.82) is 0 Å². The summed E-state index contributed by atoms with van der Waals surface area (Å²) < 4.78 is 14.6. The summed E-state index contributed by atoms with van der Waals surface area (Å²) in [4.78, 5) is 13.9. The molecule has 0 bridgehead atoms. The highest BCUT2D eigenvalue weighted by molar-refractivity contribution is 5.76. The van der Waals surface area contributed by atoms with Gasteiger partial charge in [-0.15, -0.1) is 0 Å². The van der Waals surface area contributed by atoms with Crippen LogP contribution >= 0.6 is 0 Å². The first-order valence-corrected chi connectivity index (χ1v) is 7.72. The molecule has 1 aliphatic rings. The van der Waals surface area contributed by atoms with E-state index in [1.165, 1.54) is 5.56 Å². The number of nitrogens with zero attached hydrogens (tertiary/aromatic N) is 1. The summed E-state index contributed by atoms with van der Waals surface area (Å²) in [6.45, 7) is 4.75. The van der Waals surface area contributed by atoms with Gasteiger partial charge in [0.2, 0.25) is 5.91 Å². The normalized spacial score (nSPS) is 29.5. The van der Waals surface area contributed by atoms with E-state index in [1.54, 1.807) is 7.05 Å². The third kappa shape index (κ3) is 3.43. The fraction of sp³-hybridized carbons (Fsp3) is 0.588. The van der Waals surface area contributed by atoms with Crippen LogP contribution in [-0.2, 0) is 11.3 Å². The van der Waals surface area contributed by atoms with Crippen LogP contribution in [0.25, 0.3) is 0 Å². The summed E-state index contributed by atoms with van der Waals surface area (Å²) in [5.41, 5.74) is 1.17. The summed E-state index contributed by atoms with van der Waals surface area (Å²) in [6.07, 6.45) is 0.181. The van der Waals surface area contributed by atoms with Crippen LogP contribution in [0.1, 0.15) is 32.3 Å². The molecule has 1 fully saturated rings. The highest BCUT2D eigenvalue weighted by atomic mass is 19.1. The molecule has 4 atom stereocenters. The Morgan fingerprint density at radius 2 is 1.95 bits per heavy atom. The molecule has 21 heavy (non-hydrogen) atoms. The monoisotopic (exact) mass is 292 g/mol. The molecule has 0 radical (unpaired) electrons. The van der Waals surface area contributed by atoms with Gasteiger partial charge in [-0.2, -0.15) is 0 Å². The number of benzene rings is 1. The number of nitrogens with one attached hydrogen (secondary N) is 1. The van der Waals surface area contributed by atoms with E-state index in [2.05, 4.69) is 29.3 Å². The highest BCUT2D eigenvalue weighted by Crippen LogP contribution is 2.36. The molecule has 1 saturated heterocycles.